The molecule has 5 nitrogen and oxygen atoms in total. The molecule has 0 unspecified atom stereocenters. The van der Waals surface area contributed by atoms with Crippen LogP contribution >= 0.6 is 11.8 Å². The van der Waals surface area contributed by atoms with Gasteiger partial charge in [-0.05, 0) is 30.7 Å². The number of hydrogen-bond acceptors (Lipinski definition) is 4. The second-order valence-corrected chi connectivity index (χ2v) is 9.11. The minimum Gasteiger partial charge on any atom is -0.506 e. The number of rotatable bonds is 3. The summed E-state index contributed by atoms with van der Waals surface area (Å²) < 4.78 is 0. The van der Waals surface area contributed by atoms with Crippen molar-refractivity contribution < 1.29 is 14.8 Å². The van der Waals surface area contributed by atoms with E-state index >= 15 is 0 Å². The second-order valence-electron chi connectivity index (χ2n) is 7.63. The zero-order valence-electron chi connectivity index (χ0n) is 16.3. The summed E-state index contributed by atoms with van der Waals surface area (Å²) in [5, 5.41) is 10.6. The van der Waals surface area contributed by atoms with Crippen molar-refractivity contribution in [2.24, 2.45) is 0 Å². The summed E-state index contributed by atoms with van der Waals surface area (Å²) in [6, 6.07) is 15.8. The van der Waals surface area contributed by atoms with Crippen LogP contribution in [0.1, 0.15) is 13.3 Å². The number of phenols is 1. The number of piperazine rings is 1. The standard InChI is InChI=1S/C22H27N3O2S/c1-17-10-11-25(19-7-3-5-9-21(19)28-17)22(27)16-23-12-14-24(15-13-23)18-6-2-4-8-20(18)26/h2-9,17,26H,10-16H2,1H3/p+1/t17-/m1/s1. The van der Waals surface area contributed by atoms with Gasteiger partial charge in [-0.15, -0.1) is 11.8 Å². The third kappa shape index (κ3) is 4.13. The molecule has 1 atom stereocenters. The number of benzene rings is 2. The Morgan fingerprint density at radius 2 is 1.75 bits per heavy atom. The van der Waals surface area contributed by atoms with Crippen LogP contribution in [-0.4, -0.2) is 55.5 Å². The van der Waals surface area contributed by atoms with E-state index in [2.05, 4.69) is 30.0 Å². The minimum atomic E-state index is 0.216. The number of fused-ring (bicyclic) bond motifs is 1. The molecule has 2 aliphatic rings. The number of anilines is 2. The fraction of sp³-hybridized carbons (Fsp3) is 0.409. The molecule has 28 heavy (non-hydrogen) atoms. The van der Waals surface area contributed by atoms with E-state index < -0.39 is 0 Å². The quantitative estimate of drug-likeness (QED) is 0.831. The lowest BCUT2D eigenvalue weighted by atomic mass is 10.2. The highest BCUT2D eigenvalue weighted by atomic mass is 32.2. The summed E-state index contributed by atoms with van der Waals surface area (Å²) >= 11 is 1.87. The second kappa shape index (κ2) is 8.45. The van der Waals surface area contributed by atoms with Crippen molar-refractivity contribution >= 4 is 29.0 Å². The van der Waals surface area contributed by atoms with E-state index in [0.29, 0.717) is 17.5 Å². The monoisotopic (exact) mass is 398 g/mol. The Balaban J connectivity index is 1.39. The van der Waals surface area contributed by atoms with Gasteiger partial charge >= 0.3 is 0 Å². The third-order valence-electron chi connectivity index (χ3n) is 5.64. The highest BCUT2D eigenvalue weighted by Gasteiger charge is 2.29. The summed E-state index contributed by atoms with van der Waals surface area (Å²) in [6.45, 7) is 7.07. The molecule has 0 saturated carbocycles. The van der Waals surface area contributed by atoms with E-state index in [1.165, 1.54) is 9.80 Å². The molecule has 148 valence electrons. The molecule has 1 amide bonds. The van der Waals surface area contributed by atoms with Gasteiger partial charge < -0.3 is 19.8 Å². The molecule has 0 aliphatic carbocycles. The van der Waals surface area contributed by atoms with Gasteiger partial charge in [0.2, 0.25) is 0 Å². The first kappa shape index (κ1) is 19.2. The lowest BCUT2D eigenvalue weighted by Gasteiger charge is -2.34. The zero-order valence-corrected chi connectivity index (χ0v) is 17.1. The molecule has 1 fully saturated rings. The van der Waals surface area contributed by atoms with E-state index in [-0.39, 0.29) is 5.91 Å². The van der Waals surface area contributed by atoms with Gasteiger partial charge in [-0.2, -0.15) is 0 Å². The maximum Gasteiger partial charge on any atom is 0.282 e. The number of para-hydroxylation sites is 3. The Morgan fingerprint density at radius 1 is 1.07 bits per heavy atom. The van der Waals surface area contributed by atoms with Gasteiger partial charge in [0, 0.05) is 16.7 Å². The van der Waals surface area contributed by atoms with E-state index in [9.17, 15) is 9.90 Å². The summed E-state index contributed by atoms with van der Waals surface area (Å²) in [6.07, 6.45) is 1.02. The first-order valence-corrected chi connectivity index (χ1v) is 10.9. The van der Waals surface area contributed by atoms with Gasteiger partial charge in [0.25, 0.3) is 5.91 Å². The molecule has 2 aliphatic heterocycles. The van der Waals surface area contributed by atoms with Crippen molar-refractivity contribution in [1.29, 1.82) is 0 Å². The summed E-state index contributed by atoms with van der Waals surface area (Å²) in [5.41, 5.74) is 1.95. The van der Waals surface area contributed by atoms with Crippen LogP contribution in [0.2, 0.25) is 0 Å². The Labute approximate surface area is 170 Å². The van der Waals surface area contributed by atoms with E-state index in [0.717, 1.165) is 50.5 Å². The number of quaternary nitrogens is 1. The predicted molar refractivity (Wildman–Crippen MR) is 115 cm³/mol. The summed E-state index contributed by atoms with van der Waals surface area (Å²) in [5.74, 6) is 0.544. The molecule has 6 heteroatoms. The number of nitrogens with zero attached hydrogens (tertiary/aromatic N) is 2. The molecular weight excluding hydrogens is 370 g/mol. The smallest absolute Gasteiger partial charge is 0.282 e. The van der Waals surface area contributed by atoms with Gasteiger partial charge in [0.15, 0.2) is 6.54 Å². The number of carbonyl (C=O) groups is 1. The molecule has 0 spiro atoms. The first-order chi connectivity index (χ1) is 13.6. The van der Waals surface area contributed by atoms with E-state index in [4.69, 9.17) is 0 Å². The predicted octanol–water partition coefficient (Wildman–Crippen LogP) is 2.01. The van der Waals surface area contributed by atoms with E-state index in [1.807, 2.05) is 40.9 Å². The lowest BCUT2D eigenvalue weighted by molar-refractivity contribution is -0.892. The first-order valence-electron chi connectivity index (χ1n) is 10.0. The number of amides is 1. The fourth-order valence-electron chi connectivity index (χ4n) is 4.03. The average molecular weight is 399 g/mol. The number of nitrogens with one attached hydrogen (secondary N) is 1. The topological polar surface area (TPSA) is 48.2 Å². The molecule has 0 bridgehead atoms. The Bertz CT molecular complexity index is 836. The molecule has 0 aromatic heterocycles. The molecule has 2 aromatic rings. The lowest BCUT2D eigenvalue weighted by Crippen LogP contribution is -3.16. The third-order valence-corrected chi connectivity index (χ3v) is 6.88. The van der Waals surface area contributed by atoms with Crippen molar-refractivity contribution in [1.82, 2.24) is 0 Å². The number of carbonyl (C=O) groups excluding carboxylic acids is 1. The SMILES string of the molecule is C[C@@H]1CCN(C(=O)C[NH+]2CCN(c3ccccc3O)CC2)c2ccccc2S1. The molecule has 1 saturated heterocycles. The number of hydrogen-bond donors (Lipinski definition) is 2. The van der Waals surface area contributed by atoms with E-state index in [1.54, 1.807) is 6.07 Å². The number of aromatic hydroxyl groups is 1. The van der Waals surface area contributed by atoms with Crippen LogP contribution in [0.15, 0.2) is 53.4 Å². The number of thioether (sulfide) groups is 1. The van der Waals surface area contributed by atoms with Gasteiger partial charge in [-0.3, -0.25) is 4.79 Å². The molecule has 0 radical (unpaired) electrons. The fourth-order valence-corrected chi connectivity index (χ4v) is 5.14. The Hall–Kier alpha value is -2.18. The highest BCUT2D eigenvalue weighted by Crippen LogP contribution is 2.37. The van der Waals surface area contributed by atoms with Gasteiger partial charge in [0.1, 0.15) is 5.75 Å². The van der Waals surface area contributed by atoms with Crippen LogP contribution in [0.4, 0.5) is 11.4 Å². The summed E-state index contributed by atoms with van der Waals surface area (Å²) in [7, 11) is 0. The normalized spacial score (nSPS) is 20.5. The van der Waals surface area contributed by atoms with Gasteiger partial charge in [-0.25, -0.2) is 0 Å². The van der Waals surface area contributed by atoms with Crippen LogP contribution < -0.4 is 14.7 Å². The molecule has 2 heterocycles. The molecule has 2 aromatic carbocycles. The van der Waals surface area contributed by atoms with Crippen molar-refractivity contribution in [3.63, 3.8) is 0 Å². The average Bonchev–Trinajstić information content (AvgIpc) is 2.87. The largest absolute Gasteiger partial charge is 0.506 e. The van der Waals surface area contributed by atoms with Crippen molar-refractivity contribution in [2.45, 2.75) is 23.5 Å². The van der Waals surface area contributed by atoms with Gasteiger partial charge in [-0.1, -0.05) is 31.2 Å². The maximum atomic E-state index is 13.1. The van der Waals surface area contributed by atoms with Crippen LogP contribution in [-0.2, 0) is 4.79 Å². The highest BCUT2D eigenvalue weighted by molar-refractivity contribution is 8.00. The summed E-state index contributed by atoms with van der Waals surface area (Å²) in [4.78, 5) is 19.9. The molecule has 4 rings (SSSR count). The maximum absolute atomic E-state index is 13.1. The molecular formula is C22H28N3O2S+. The van der Waals surface area contributed by atoms with Crippen molar-refractivity contribution in [3.8, 4) is 5.75 Å². The van der Waals surface area contributed by atoms with Crippen molar-refractivity contribution in [2.75, 3.05) is 49.1 Å². The Kier molecular flexibility index (Phi) is 5.78. The minimum absolute atomic E-state index is 0.216. The van der Waals surface area contributed by atoms with Crippen molar-refractivity contribution in [3.05, 3.63) is 48.5 Å². The van der Waals surface area contributed by atoms with Crippen LogP contribution in [0.25, 0.3) is 0 Å². The zero-order chi connectivity index (χ0) is 19.5. The number of phenolic OH excluding ortho intramolecular Hbond substituents is 1. The molecule has 2 N–H and O–H groups in total. The van der Waals surface area contributed by atoms with Crippen LogP contribution in [0, 0.1) is 0 Å². The van der Waals surface area contributed by atoms with Crippen LogP contribution in [0.5, 0.6) is 5.75 Å². The van der Waals surface area contributed by atoms with Gasteiger partial charge in [0.05, 0.1) is 37.6 Å². The van der Waals surface area contributed by atoms with Crippen LogP contribution in [0.3, 0.4) is 0 Å². The Morgan fingerprint density at radius 3 is 2.50 bits per heavy atom.